The Kier molecular flexibility index (Phi) is 5.27. The van der Waals surface area contributed by atoms with E-state index >= 15 is 0 Å². The monoisotopic (exact) mass is 333 g/mol. The standard InChI is InChI=1S/C13H17ClNO5P/c1-10(13(16)20-21(14,17)18)15(19-9-11-7-8-11)12-5-3-2-4-6-12/h2-6,10-11H,7-9H2,1H3,(H,17,18)/t10-/m0/s1. The van der Waals surface area contributed by atoms with E-state index in [0.29, 0.717) is 18.2 Å². The van der Waals surface area contributed by atoms with Crippen molar-refractivity contribution in [3.8, 4) is 0 Å². The van der Waals surface area contributed by atoms with Gasteiger partial charge in [0.2, 0.25) is 0 Å². The van der Waals surface area contributed by atoms with Crippen LogP contribution in [0.1, 0.15) is 19.8 Å². The number of nitrogens with zero attached hydrogens (tertiary/aromatic N) is 1. The highest BCUT2D eigenvalue weighted by Gasteiger charge is 2.31. The van der Waals surface area contributed by atoms with Crippen LogP contribution < -0.4 is 5.06 Å². The van der Waals surface area contributed by atoms with Gasteiger partial charge in [-0.1, -0.05) is 18.2 Å². The van der Waals surface area contributed by atoms with Crippen molar-refractivity contribution in [3.63, 3.8) is 0 Å². The summed E-state index contributed by atoms with van der Waals surface area (Å²) in [6.07, 6.45) is 2.21. The molecule has 0 bridgehead atoms. The summed E-state index contributed by atoms with van der Waals surface area (Å²) in [5.41, 5.74) is 0.657. The maximum Gasteiger partial charge on any atom is 0.476 e. The van der Waals surface area contributed by atoms with Gasteiger partial charge in [0.05, 0.1) is 12.3 Å². The van der Waals surface area contributed by atoms with Crippen molar-refractivity contribution >= 4 is 29.8 Å². The van der Waals surface area contributed by atoms with Crippen LogP contribution in [0, 0.1) is 5.92 Å². The Bertz CT molecular complexity index is 531. The van der Waals surface area contributed by atoms with E-state index < -0.39 is 19.0 Å². The number of halogens is 1. The van der Waals surface area contributed by atoms with E-state index in [1.165, 1.54) is 12.0 Å². The zero-order valence-corrected chi connectivity index (χ0v) is 13.2. The van der Waals surface area contributed by atoms with Crippen molar-refractivity contribution in [2.45, 2.75) is 25.8 Å². The number of hydrogen-bond acceptors (Lipinski definition) is 5. The van der Waals surface area contributed by atoms with Crippen LogP contribution in [0.15, 0.2) is 30.3 Å². The third-order valence-electron chi connectivity index (χ3n) is 3.05. The van der Waals surface area contributed by atoms with Gasteiger partial charge in [-0.15, -0.1) is 0 Å². The van der Waals surface area contributed by atoms with Gasteiger partial charge >= 0.3 is 12.9 Å². The third-order valence-corrected chi connectivity index (χ3v) is 3.66. The molecular weight excluding hydrogens is 317 g/mol. The normalized spacial score (nSPS) is 18.6. The minimum Gasteiger partial charge on any atom is -0.379 e. The summed E-state index contributed by atoms with van der Waals surface area (Å²) < 4.78 is 15.3. The van der Waals surface area contributed by atoms with E-state index in [-0.39, 0.29) is 0 Å². The topological polar surface area (TPSA) is 76.1 Å². The quantitative estimate of drug-likeness (QED) is 0.610. The van der Waals surface area contributed by atoms with Crippen molar-refractivity contribution in [2.24, 2.45) is 5.92 Å². The maximum atomic E-state index is 11.9. The lowest BCUT2D eigenvalue weighted by Gasteiger charge is -2.28. The van der Waals surface area contributed by atoms with Crippen LogP contribution in [0.5, 0.6) is 0 Å². The Balaban J connectivity index is 2.09. The highest BCUT2D eigenvalue weighted by atomic mass is 35.7. The molecule has 2 atom stereocenters. The number of para-hydroxylation sites is 1. The first kappa shape index (κ1) is 16.3. The molecule has 0 saturated heterocycles. The number of hydrogen-bond donors (Lipinski definition) is 1. The van der Waals surface area contributed by atoms with Crippen LogP contribution >= 0.6 is 18.2 Å². The molecule has 8 heteroatoms. The summed E-state index contributed by atoms with van der Waals surface area (Å²) in [6.45, 7) is -2.38. The molecule has 0 aliphatic heterocycles. The second-order valence-corrected chi connectivity index (χ2v) is 7.31. The predicted molar refractivity (Wildman–Crippen MR) is 78.8 cm³/mol. The van der Waals surface area contributed by atoms with Gasteiger partial charge in [-0.2, -0.15) is 0 Å². The molecule has 21 heavy (non-hydrogen) atoms. The Hall–Kier alpha value is -1.07. The number of benzene rings is 1. The first-order valence-electron chi connectivity index (χ1n) is 6.60. The fourth-order valence-corrected chi connectivity index (χ4v) is 2.32. The molecule has 1 aliphatic rings. The molecular formula is C13H17ClNO5P. The van der Waals surface area contributed by atoms with Gasteiger partial charge in [-0.25, -0.2) is 14.4 Å². The van der Waals surface area contributed by atoms with Crippen molar-refractivity contribution in [2.75, 3.05) is 11.7 Å². The summed E-state index contributed by atoms with van der Waals surface area (Å²) in [5, 5.41) is 1.38. The Morgan fingerprint density at radius 2 is 2.10 bits per heavy atom. The van der Waals surface area contributed by atoms with Gasteiger partial charge in [0.25, 0.3) is 0 Å². The van der Waals surface area contributed by atoms with Crippen molar-refractivity contribution in [1.82, 2.24) is 0 Å². The van der Waals surface area contributed by atoms with E-state index in [0.717, 1.165) is 12.8 Å². The molecule has 0 radical (unpaired) electrons. The second-order valence-electron chi connectivity index (χ2n) is 4.94. The molecule has 1 aromatic rings. The van der Waals surface area contributed by atoms with E-state index in [1.54, 1.807) is 24.3 Å². The highest BCUT2D eigenvalue weighted by Crippen LogP contribution is 2.48. The lowest BCUT2D eigenvalue weighted by Crippen LogP contribution is -2.40. The highest BCUT2D eigenvalue weighted by molar-refractivity contribution is 7.80. The molecule has 6 nitrogen and oxygen atoms in total. The minimum atomic E-state index is -4.39. The second kappa shape index (κ2) is 6.79. The van der Waals surface area contributed by atoms with Gasteiger partial charge in [-0.05, 0) is 37.8 Å². The van der Waals surface area contributed by atoms with Crippen LogP contribution in [0.4, 0.5) is 5.69 Å². The fraction of sp³-hybridized carbons (Fsp3) is 0.462. The molecule has 116 valence electrons. The zero-order chi connectivity index (χ0) is 15.5. The first-order chi connectivity index (χ1) is 9.87. The molecule has 0 spiro atoms. The predicted octanol–water partition coefficient (Wildman–Crippen LogP) is 3.11. The Morgan fingerprint density at radius 3 is 2.62 bits per heavy atom. The third kappa shape index (κ3) is 5.32. The summed E-state index contributed by atoms with van der Waals surface area (Å²) in [6, 6.07) is 8.10. The summed E-state index contributed by atoms with van der Waals surface area (Å²) >= 11 is 5.07. The van der Waals surface area contributed by atoms with Gasteiger partial charge in [0.15, 0.2) is 6.04 Å². The van der Waals surface area contributed by atoms with Crippen LogP contribution in [-0.4, -0.2) is 23.5 Å². The molecule has 0 heterocycles. The van der Waals surface area contributed by atoms with Gasteiger partial charge < -0.3 is 9.42 Å². The average Bonchev–Trinajstić information content (AvgIpc) is 3.22. The molecule has 1 aliphatic carbocycles. The molecule has 2 rings (SSSR count). The molecule has 1 saturated carbocycles. The van der Waals surface area contributed by atoms with Gasteiger partial charge in [0, 0.05) is 11.2 Å². The molecule has 1 aromatic carbocycles. The SMILES string of the molecule is C[C@@H](C(=O)OP(=O)(O)Cl)N(OCC1CC1)c1ccccc1. The van der Waals surface area contributed by atoms with Gasteiger partial charge in [0.1, 0.15) is 0 Å². The molecule has 0 aromatic heterocycles. The smallest absolute Gasteiger partial charge is 0.379 e. The van der Waals surface area contributed by atoms with Crippen LogP contribution in [0.2, 0.25) is 0 Å². The van der Waals surface area contributed by atoms with E-state index in [4.69, 9.17) is 21.0 Å². The zero-order valence-electron chi connectivity index (χ0n) is 11.5. The summed E-state index contributed by atoms with van der Waals surface area (Å²) in [4.78, 5) is 26.5. The largest absolute Gasteiger partial charge is 0.476 e. The summed E-state index contributed by atoms with van der Waals surface area (Å²) in [7, 11) is 0. The van der Waals surface area contributed by atoms with Crippen molar-refractivity contribution < 1.29 is 23.6 Å². The van der Waals surface area contributed by atoms with Gasteiger partial charge in [-0.3, -0.25) is 4.84 Å². The fourth-order valence-electron chi connectivity index (χ4n) is 1.74. The molecule has 0 amide bonds. The Labute approximate surface area is 127 Å². The van der Waals surface area contributed by atoms with Crippen LogP contribution in [0.25, 0.3) is 0 Å². The number of anilines is 1. The van der Waals surface area contributed by atoms with Crippen LogP contribution in [0.3, 0.4) is 0 Å². The Morgan fingerprint density at radius 1 is 1.48 bits per heavy atom. The average molecular weight is 334 g/mol. The number of rotatable bonds is 7. The van der Waals surface area contributed by atoms with E-state index in [2.05, 4.69) is 4.52 Å². The van der Waals surface area contributed by atoms with Crippen LogP contribution in [-0.2, 0) is 18.7 Å². The van der Waals surface area contributed by atoms with E-state index in [9.17, 15) is 9.36 Å². The lowest BCUT2D eigenvalue weighted by molar-refractivity contribution is -0.137. The summed E-state index contributed by atoms with van der Waals surface area (Å²) in [5.74, 6) is -0.424. The van der Waals surface area contributed by atoms with Crippen molar-refractivity contribution in [3.05, 3.63) is 30.3 Å². The molecule has 1 N–H and O–H groups in total. The minimum absolute atomic E-state index is 0.490. The van der Waals surface area contributed by atoms with Crippen molar-refractivity contribution in [1.29, 1.82) is 0 Å². The lowest BCUT2D eigenvalue weighted by atomic mass is 10.2. The van der Waals surface area contributed by atoms with E-state index in [1.807, 2.05) is 6.07 Å². The number of carbonyl (C=O) groups excluding carboxylic acids is 1. The first-order valence-corrected chi connectivity index (χ1v) is 9.08. The number of carbonyl (C=O) groups is 1. The molecule has 1 fully saturated rings. The number of hydroxylamine groups is 1. The molecule has 1 unspecified atom stereocenters. The maximum absolute atomic E-state index is 11.9.